The van der Waals surface area contributed by atoms with Crippen molar-refractivity contribution in [2.45, 2.75) is 44.3 Å². The van der Waals surface area contributed by atoms with Gasteiger partial charge in [-0.2, -0.15) is 0 Å². The van der Waals surface area contributed by atoms with Crippen molar-refractivity contribution in [2.24, 2.45) is 5.92 Å². The molecule has 1 aliphatic heterocycles. The Hall–Kier alpha value is -3.09. The van der Waals surface area contributed by atoms with Crippen LogP contribution in [0.3, 0.4) is 0 Å². The number of methoxy groups -OCH3 is 2. The van der Waals surface area contributed by atoms with Crippen LogP contribution in [0.15, 0.2) is 42.5 Å². The summed E-state index contributed by atoms with van der Waals surface area (Å²) in [6, 6.07) is 13.0. The van der Waals surface area contributed by atoms with Crippen molar-refractivity contribution < 1.29 is 28.5 Å². The molecule has 1 N–H and O–H groups in total. The van der Waals surface area contributed by atoms with Gasteiger partial charge in [-0.3, -0.25) is 4.79 Å². The number of hydrogen-bond acceptors (Lipinski definition) is 6. The van der Waals surface area contributed by atoms with Crippen LogP contribution in [0.4, 0.5) is 0 Å². The predicted octanol–water partition coefficient (Wildman–Crippen LogP) is 3.99. The number of hydrogen-bond donors (Lipinski definition) is 1. The maximum absolute atomic E-state index is 13.1. The lowest BCUT2D eigenvalue weighted by Gasteiger charge is -2.38. The molecule has 172 valence electrons. The Morgan fingerprint density at radius 2 is 1.59 bits per heavy atom. The minimum atomic E-state index is -0.686. The van der Waals surface area contributed by atoms with Crippen LogP contribution in [0.25, 0.3) is 0 Å². The lowest BCUT2D eigenvalue weighted by Crippen LogP contribution is -2.54. The zero-order valence-corrected chi connectivity index (χ0v) is 18.7. The highest BCUT2D eigenvalue weighted by Gasteiger charge is 2.42. The van der Waals surface area contributed by atoms with Crippen molar-refractivity contribution in [3.05, 3.63) is 42.5 Å². The molecule has 4 rings (SSSR count). The molecule has 2 aromatic rings. The van der Waals surface area contributed by atoms with E-state index in [1.54, 1.807) is 26.4 Å². The Morgan fingerprint density at radius 3 is 2.25 bits per heavy atom. The fraction of sp³-hybridized carbons (Fsp3) is 0.480. The Bertz CT molecular complexity index is 889. The number of ether oxygens (including phenoxy) is 5. The van der Waals surface area contributed by atoms with E-state index < -0.39 is 6.10 Å². The zero-order chi connectivity index (χ0) is 22.3. The summed E-state index contributed by atoms with van der Waals surface area (Å²) in [5.41, 5.74) is 0. The minimum Gasteiger partial charge on any atom is -0.493 e. The number of carbonyl (C=O) groups is 1. The van der Waals surface area contributed by atoms with Crippen LogP contribution in [0, 0.1) is 5.92 Å². The summed E-state index contributed by atoms with van der Waals surface area (Å²) in [7, 11) is 3.15. The van der Waals surface area contributed by atoms with Crippen molar-refractivity contribution in [3.63, 3.8) is 0 Å². The van der Waals surface area contributed by atoms with Gasteiger partial charge in [0.05, 0.1) is 20.8 Å². The van der Waals surface area contributed by atoms with E-state index in [0.717, 1.165) is 25.7 Å². The second kappa shape index (κ2) is 10.5. The van der Waals surface area contributed by atoms with Crippen LogP contribution in [-0.4, -0.2) is 45.5 Å². The molecule has 1 fully saturated rings. The van der Waals surface area contributed by atoms with Gasteiger partial charge < -0.3 is 29.0 Å². The van der Waals surface area contributed by atoms with Crippen LogP contribution >= 0.6 is 0 Å². The second-order valence-electron chi connectivity index (χ2n) is 8.10. The summed E-state index contributed by atoms with van der Waals surface area (Å²) < 4.78 is 29.0. The topological polar surface area (TPSA) is 75.2 Å². The number of amides is 1. The minimum absolute atomic E-state index is 0.189. The standard InChI is InChI=1S/C25H31NO6/c1-28-20-13-8-14-21(29-2)23(20)30-16-15-26-25(27)24-22(17-9-4-3-5-10-17)31-18-11-6-7-12-19(18)32-24/h6-8,11-14,17,22,24H,3-5,9-10,15-16H2,1-2H3,(H,26,27)/t22-,24-/m0/s1. The van der Waals surface area contributed by atoms with Crippen LogP contribution in [0.5, 0.6) is 28.7 Å². The molecule has 1 saturated carbocycles. The van der Waals surface area contributed by atoms with Gasteiger partial charge in [0.2, 0.25) is 11.9 Å². The zero-order valence-electron chi connectivity index (χ0n) is 18.7. The molecule has 7 nitrogen and oxygen atoms in total. The molecule has 0 unspecified atom stereocenters. The Labute approximate surface area is 189 Å². The molecular weight excluding hydrogens is 410 g/mol. The van der Waals surface area contributed by atoms with E-state index in [-0.39, 0.29) is 18.6 Å². The molecule has 0 radical (unpaired) electrons. The molecule has 0 bridgehead atoms. The first-order chi connectivity index (χ1) is 15.7. The average Bonchev–Trinajstić information content (AvgIpc) is 2.86. The number of rotatable bonds is 8. The van der Waals surface area contributed by atoms with Gasteiger partial charge in [-0.05, 0) is 37.1 Å². The molecule has 0 spiro atoms. The van der Waals surface area contributed by atoms with E-state index in [2.05, 4.69) is 5.32 Å². The van der Waals surface area contributed by atoms with E-state index in [0.29, 0.717) is 41.2 Å². The third-order valence-corrected chi connectivity index (χ3v) is 6.07. The Kier molecular flexibility index (Phi) is 7.24. The second-order valence-corrected chi connectivity index (χ2v) is 8.10. The van der Waals surface area contributed by atoms with Crippen LogP contribution < -0.4 is 29.0 Å². The molecule has 1 heterocycles. The fourth-order valence-electron chi connectivity index (χ4n) is 4.45. The van der Waals surface area contributed by atoms with Crippen molar-refractivity contribution in [1.82, 2.24) is 5.32 Å². The molecule has 32 heavy (non-hydrogen) atoms. The molecular formula is C25H31NO6. The van der Waals surface area contributed by atoms with Crippen LogP contribution in [0.2, 0.25) is 0 Å². The lowest BCUT2D eigenvalue weighted by atomic mass is 9.82. The van der Waals surface area contributed by atoms with Gasteiger partial charge in [-0.25, -0.2) is 0 Å². The highest BCUT2D eigenvalue weighted by Crippen LogP contribution is 2.39. The summed E-state index contributed by atoms with van der Waals surface area (Å²) in [5.74, 6) is 3.10. The summed E-state index contributed by atoms with van der Waals surface area (Å²) in [6.07, 6.45) is 4.69. The molecule has 1 amide bonds. The first-order valence-electron chi connectivity index (χ1n) is 11.2. The summed E-state index contributed by atoms with van der Waals surface area (Å²) in [6.45, 7) is 0.583. The Balaban J connectivity index is 1.39. The smallest absolute Gasteiger partial charge is 0.265 e. The predicted molar refractivity (Wildman–Crippen MR) is 120 cm³/mol. The molecule has 2 atom stereocenters. The van der Waals surface area contributed by atoms with Crippen molar-refractivity contribution in [2.75, 3.05) is 27.4 Å². The number of fused-ring (bicyclic) bond motifs is 1. The molecule has 2 aromatic carbocycles. The van der Waals surface area contributed by atoms with E-state index in [9.17, 15) is 4.79 Å². The third-order valence-electron chi connectivity index (χ3n) is 6.07. The Morgan fingerprint density at radius 1 is 0.938 bits per heavy atom. The molecule has 1 aliphatic carbocycles. The molecule has 0 aromatic heterocycles. The monoisotopic (exact) mass is 441 g/mol. The van der Waals surface area contributed by atoms with Crippen molar-refractivity contribution in [3.8, 4) is 28.7 Å². The van der Waals surface area contributed by atoms with E-state index in [4.69, 9.17) is 23.7 Å². The summed E-state index contributed by atoms with van der Waals surface area (Å²) in [5, 5.41) is 2.95. The van der Waals surface area contributed by atoms with E-state index in [1.807, 2.05) is 30.3 Å². The quantitative estimate of drug-likeness (QED) is 0.625. The van der Waals surface area contributed by atoms with Crippen LogP contribution in [-0.2, 0) is 4.79 Å². The number of carbonyl (C=O) groups excluding carboxylic acids is 1. The maximum Gasteiger partial charge on any atom is 0.265 e. The van der Waals surface area contributed by atoms with Gasteiger partial charge in [0.15, 0.2) is 23.0 Å². The highest BCUT2D eigenvalue weighted by molar-refractivity contribution is 5.82. The average molecular weight is 442 g/mol. The summed E-state index contributed by atoms with van der Waals surface area (Å²) in [4.78, 5) is 13.1. The van der Waals surface area contributed by atoms with Gasteiger partial charge in [0, 0.05) is 5.92 Å². The number of para-hydroxylation sites is 3. The lowest BCUT2D eigenvalue weighted by molar-refractivity contribution is -0.137. The van der Waals surface area contributed by atoms with Gasteiger partial charge in [0.25, 0.3) is 5.91 Å². The third kappa shape index (κ3) is 4.87. The largest absolute Gasteiger partial charge is 0.493 e. The van der Waals surface area contributed by atoms with Gasteiger partial charge in [-0.1, -0.05) is 37.5 Å². The van der Waals surface area contributed by atoms with E-state index >= 15 is 0 Å². The molecule has 0 saturated heterocycles. The molecule has 2 aliphatic rings. The van der Waals surface area contributed by atoms with Gasteiger partial charge in [0.1, 0.15) is 12.7 Å². The van der Waals surface area contributed by atoms with Gasteiger partial charge in [-0.15, -0.1) is 0 Å². The van der Waals surface area contributed by atoms with Crippen LogP contribution in [0.1, 0.15) is 32.1 Å². The van der Waals surface area contributed by atoms with Gasteiger partial charge >= 0.3 is 0 Å². The first-order valence-corrected chi connectivity index (χ1v) is 11.2. The SMILES string of the molecule is COc1cccc(OC)c1OCCNC(=O)[C@H]1Oc2ccccc2O[C@H]1C1CCCCC1. The maximum atomic E-state index is 13.1. The normalized spacial score (nSPS) is 20.3. The highest BCUT2D eigenvalue weighted by atomic mass is 16.6. The molecule has 7 heteroatoms. The number of benzene rings is 2. The van der Waals surface area contributed by atoms with Crippen molar-refractivity contribution in [1.29, 1.82) is 0 Å². The fourth-order valence-corrected chi connectivity index (χ4v) is 4.45. The van der Waals surface area contributed by atoms with E-state index in [1.165, 1.54) is 6.42 Å². The first kappa shape index (κ1) is 22.1. The summed E-state index contributed by atoms with van der Waals surface area (Å²) >= 11 is 0. The number of nitrogens with one attached hydrogen (secondary N) is 1. The van der Waals surface area contributed by atoms with Crippen molar-refractivity contribution >= 4 is 5.91 Å².